The number of carboxylic acids is 1. The quantitative estimate of drug-likeness (QED) is 0.738. The number of hydrogen-bond acceptors (Lipinski definition) is 4. The van der Waals surface area contributed by atoms with Gasteiger partial charge in [0.2, 0.25) is 10.0 Å². The Morgan fingerprint density at radius 1 is 1.41 bits per heavy atom. The smallest absolute Gasteiger partial charge is 0.323 e. The van der Waals surface area contributed by atoms with E-state index in [2.05, 4.69) is 5.32 Å². The van der Waals surface area contributed by atoms with E-state index in [1.54, 1.807) is 0 Å². The summed E-state index contributed by atoms with van der Waals surface area (Å²) in [4.78, 5) is 10.8. The predicted molar refractivity (Wildman–Crippen MR) is 64.3 cm³/mol. The van der Waals surface area contributed by atoms with Crippen molar-refractivity contribution in [2.75, 3.05) is 20.1 Å². The molecule has 100 valence electrons. The van der Waals surface area contributed by atoms with E-state index >= 15 is 0 Å². The van der Waals surface area contributed by atoms with Crippen LogP contribution in [0.25, 0.3) is 0 Å². The molecule has 17 heavy (non-hydrogen) atoms. The van der Waals surface area contributed by atoms with Crippen molar-refractivity contribution in [1.82, 2.24) is 9.62 Å². The topological polar surface area (TPSA) is 86.7 Å². The lowest BCUT2D eigenvalue weighted by Gasteiger charge is -2.27. The van der Waals surface area contributed by atoms with E-state index in [9.17, 15) is 13.2 Å². The Labute approximate surface area is 102 Å². The second-order valence-corrected chi connectivity index (χ2v) is 6.69. The lowest BCUT2D eigenvalue weighted by atomic mass is 10.1. The monoisotopic (exact) mass is 264 g/mol. The molecule has 1 fully saturated rings. The summed E-state index contributed by atoms with van der Waals surface area (Å²) in [5.74, 6) is -1.30. The fourth-order valence-corrected chi connectivity index (χ4v) is 3.33. The van der Waals surface area contributed by atoms with Crippen molar-refractivity contribution in [2.24, 2.45) is 0 Å². The van der Waals surface area contributed by atoms with Gasteiger partial charge in [-0.15, -0.1) is 0 Å². The van der Waals surface area contributed by atoms with Gasteiger partial charge in [-0.1, -0.05) is 0 Å². The predicted octanol–water partition coefficient (Wildman–Crippen LogP) is -0.137. The van der Waals surface area contributed by atoms with Crippen LogP contribution in [0, 0.1) is 0 Å². The van der Waals surface area contributed by atoms with E-state index in [-0.39, 0.29) is 6.04 Å². The Kier molecular flexibility index (Phi) is 4.91. The number of sulfonamides is 1. The molecule has 2 atom stereocenters. The van der Waals surface area contributed by atoms with Crippen molar-refractivity contribution in [3.05, 3.63) is 0 Å². The third-order valence-corrected chi connectivity index (χ3v) is 5.45. The normalized spacial score (nSPS) is 24.3. The van der Waals surface area contributed by atoms with Crippen LogP contribution in [0.1, 0.15) is 26.2 Å². The highest BCUT2D eigenvalue weighted by molar-refractivity contribution is 7.90. The average molecular weight is 264 g/mol. The summed E-state index contributed by atoms with van der Waals surface area (Å²) in [7, 11) is -2.27. The van der Waals surface area contributed by atoms with Crippen molar-refractivity contribution in [3.63, 3.8) is 0 Å². The van der Waals surface area contributed by atoms with Gasteiger partial charge in [-0.25, -0.2) is 12.7 Å². The molecule has 1 heterocycles. The molecule has 0 aromatic carbocycles. The summed E-state index contributed by atoms with van der Waals surface area (Å²) in [6, 6.07) is -0.100. The van der Waals surface area contributed by atoms with E-state index in [4.69, 9.17) is 5.11 Å². The number of aliphatic carboxylic acids is 1. The lowest BCUT2D eigenvalue weighted by Crippen LogP contribution is -2.44. The van der Waals surface area contributed by atoms with Crippen LogP contribution < -0.4 is 5.32 Å². The highest BCUT2D eigenvalue weighted by Gasteiger charge is 2.35. The fourth-order valence-electron chi connectivity index (χ4n) is 1.95. The van der Waals surface area contributed by atoms with Gasteiger partial charge >= 0.3 is 5.97 Å². The molecule has 0 spiro atoms. The minimum Gasteiger partial charge on any atom is -0.480 e. The third-order valence-electron chi connectivity index (χ3n) is 3.26. The summed E-state index contributed by atoms with van der Waals surface area (Å²) in [6.07, 6.45) is 2.41. The Hall–Kier alpha value is -0.660. The second kappa shape index (κ2) is 5.79. The van der Waals surface area contributed by atoms with Crippen molar-refractivity contribution in [2.45, 2.75) is 37.5 Å². The van der Waals surface area contributed by atoms with Gasteiger partial charge in [-0.3, -0.25) is 4.79 Å². The molecule has 0 aliphatic carbocycles. The molecule has 0 saturated carbocycles. The van der Waals surface area contributed by atoms with Crippen LogP contribution in [0.4, 0.5) is 0 Å². The van der Waals surface area contributed by atoms with E-state index in [1.165, 1.54) is 18.3 Å². The van der Waals surface area contributed by atoms with Crippen LogP contribution in [0.2, 0.25) is 0 Å². The molecule has 1 saturated heterocycles. The summed E-state index contributed by atoms with van der Waals surface area (Å²) in [5.41, 5.74) is 0. The van der Waals surface area contributed by atoms with Crippen molar-refractivity contribution in [1.29, 1.82) is 0 Å². The maximum Gasteiger partial charge on any atom is 0.323 e. The van der Waals surface area contributed by atoms with Gasteiger partial charge in [0.15, 0.2) is 5.25 Å². The first-order valence-electron chi connectivity index (χ1n) is 5.77. The summed E-state index contributed by atoms with van der Waals surface area (Å²) < 4.78 is 25.3. The van der Waals surface area contributed by atoms with Crippen LogP contribution in [0.15, 0.2) is 0 Å². The number of carboxylic acid groups (broad SMARTS) is 1. The first-order valence-corrected chi connectivity index (χ1v) is 7.28. The molecular weight excluding hydrogens is 244 g/mol. The minimum absolute atomic E-state index is 0.100. The molecule has 7 heteroatoms. The van der Waals surface area contributed by atoms with Crippen LogP contribution in [-0.4, -0.2) is 55.2 Å². The zero-order chi connectivity index (χ0) is 13.1. The second-order valence-electron chi connectivity index (χ2n) is 4.38. The van der Waals surface area contributed by atoms with Crippen molar-refractivity contribution >= 4 is 16.0 Å². The number of nitrogens with one attached hydrogen (secondary N) is 1. The lowest BCUT2D eigenvalue weighted by molar-refractivity contribution is -0.136. The zero-order valence-corrected chi connectivity index (χ0v) is 11.0. The minimum atomic E-state index is -3.75. The Morgan fingerprint density at radius 2 is 2.06 bits per heavy atom. The molecule has 6 nitrogen and oxygen atoms in total. The van der Waals surface area contributed by atoms with Crippen LogP contribution in [0.5, 0.6) is 0 Å². The van der Waals surface area contributed by atoms with Gasteiger partial charge < -0.3 is 10.4 Å². The molecule has 0 aromatic heterocycles. The largest absolute Gasteiger partial charge is 0.480 e. The molecule has 1 aliphatic rings. The maximum atomic E-state index is 12.0. The molecule has 1 aliphatic heterocycles. The van der Waals surface area contributed by atoms with Gasteiger partial charge in [0, 0.05) is 13.1 Å². The number of hydrogen-bond donors (Lipinski definition) is 2. The van der Waals surface area contributed by atoms with Gasteiger partial charge in [0.25, 0.3) is 0 Å². The first kappa shape index (κ1) is 14.4. The molecular formula is C10H20N2O4S. The Balaban J connectivity index is 2.79. The Bertz CT molecular complexity index is 361. The van der Waals surface area contributed by atoms with Crippen LogP contribution in [-0.2, 0) is 14.8 Å². The van der Waals surface area contributed by atoms with Gasteiger partial charge in [-0.2, -0.15) is 0 Å². The highest BCUT2D eigenvalue weighted by Crippen LogP contribution is 2.18. The molecule has 2 unspecified atom stereocenters. The first-order chi connectivity index (χ1) is 7.87. The number of carbonyl (C=O) groups is 1. The van der Waals surface area contributed by atoms with Crippen LogP contribution in [0.3, 0.4) is 0 Å². The zero-order valence-electron chi connectivity index (χ0n) is 10.2. The number of nitrogens with zero attached hydrogens (tertiary/aromatic N) is 1. The van der Waals surface area contributed by atoms with Crippen LogP contribution >= 0.6 is 0 Å². The molecule has 0 aromatic rings. The molecule has 0 bridgehead atoms. The number of rotatable bonds is 4. The standard InChI is InChI=1S/C10H20N2O4S/c1-8(10(13)14)17(15,16)12(2)9-4-3-6-11-7-5-9/h8-9,11H,3-7H2,1-2H3,(H,13,14). The van der Waals surface area contributed by atoms with E-state index in [0.717, 1.165) is 32.4 Å². The third kappa shape index (κ3) is 3.40. The summed E-state index contributed by atoms with van der Waals surface area (Å²) in [5, 5.41) is 10.6. The summed E-state index contributed by atoms with van der Waals surface area (Å²) >= 11 is 0. The summed E-state index contributed by atoms with van der Waals surface area (Å²) in [6.45, 7) is 2.87. The highest BCUT2D eigenvalue weighted by atomic mass is 32.2. The fraction of sp³-hybridized carbons (Fsp3) is 0.900. The molecule has 2 N–H and O–H groups in total. The Morgan fingerprint density at radius 3 is 2.65 bits per heavy atom. The van der Waals surface area contributed by atoms with Gasteiger partial charge in [0.05, 0.1) is 0 Å². The van der Waals surface area contributed by atoms with E-state index in [1.807, 2.05) is 0 Å². The molecule has 1 rings (SSSR count). The average Bonchev–Trinajstić information content (AvgIpc) is 2.55. The van der Waals surface area contributed by atoms with Gasteiger partial charge in [-0.05, 0) is 39.3 Å². The molecule has 0 radical (unpaired) electrons. The van der Waals surface area contributed by atoms with E-state index < -0.39 is 21.2 Å². The van der Waals surface area contributed by atoms with E-state index in [0.29, 0.717) is 0 Å². The SMILES string of the molecule is CC(C(=O)O)S(=O)(=O)N(C)C1CCCNCC1. The van der Waals surface area contributed by atoms with Gasteiger partial charge in [0.1, 0.15) is 0 Å². The maximum absolute atomic E-state index is 12.0. The van der Waals surface area contributed by atoms with Crippen molar-refractivity contribution < 1.29 is 18.3 Å². The molecule has 0 amide bonds. The van der Waals surface area contributed by atoms with Crippen molar-refractivity contribution in [3.8, 4) is 0 Å².